The van der Waals surface area contributed by atoms with Gasteiger partial charge in [-0.05, 0) is 41.1 Å². The van der Waals surface area contributed by atoms with Crippen LogP contribution in [0.25, 0.3) is 0 Å². The molecule has 0 unspecified atom stereocenters. The molecule has 0 heterocycles. The Morgan fingerprint density at radius 3 is 2.61 bits per heavy atom. The third-order valence-electron chi connectivity index (χ3n) is 2.01. The molecule has 0 atom stereocenters. The van der Waals surface area contributed by atoms with Crippen LogP contribution in [0.5, 0.6) is 5.75 Å². The predicted molar refractivity (Wildman–Crippen MR) is 68.1 cm³/mol. The molecule has 0 aliphatic rings. The Hall–Kier alpha value is -1.40. The zero-order valence-electron chi connectivity index (χ0n) is 9.81. The lowest BCUT2D eigenvalue weighted by molar-refractivity contribution is -0.141. The van der Waals surface area contributed by atoms with Crippen LogP contribution in [0.4, 0.5) is 0 Å². The largest absolute Gasteiger partial charge is 0.493 e. The van der Waals surface area contributed by atoms with Crippen molar-refractivity contribution in [3.05, 3.63) is 28.2 Å². The minimum Gasteiger partial charge on any atom is -0.493 e. The number of hydrogen-bond acceptors (Lipinski definition) is 4. The lowest BCUT2D eigenvalue weighted by Crippen LogP contribution is -2.14. The zero-order valence-corrected chi connectivity index (χ0v) is 11.4. The van der Waals surface area contributed by atoms with Gasteiger partial charge in [-0.25, -0.2) is 4.79 Å². The van der Waals surface area contributed by atoms with Gasteiger partial charge >= 0.3 is 5.97 Å². The molecule has 0 amide bonds. The van der Waals surface area contributed by atoms with Crippen LogP contribution in [0, 0.1) is 0 Å². The van der Waals surface area contributed by atoms with Crippen LogP contribution < -0.4 is 4.74 Å². The highest BCUT2D eigenvalue weighted by atomic mass is 79.9. The van der Waals surface area contributed by atoms with Crippen molar-refractivity contribution in [3.8, 4) is 5.75 Å². The molecule has 0 aliphatic carbocycles. The summed E-state index contributed by atoms with van der Waals surface area (Å²) in [6.45, 7) is 1.66. The van der Waals surface area contributed by atoms with Crippen molar-refractivity contribution in [1.82, 2.24) is 0 Å². The topological polar surface area (TPSA) is 72.8 Å². The molecule has 0 spiro atoms. The van der Waals surface area contributed by atoms with Gasteiger partial charge in [0.05, 0.1) is 11.1 Å². The second-order valence-electron chi connectivity index (χ2n) is 3.39. The summed E-state index contributed by atoms with van der Waals surface area (Å²) in [6, 6.07) is 4.91. The van der Waals surface area contributed by atoms with E-state index >= 15 is 0 Å². The van der Waals surface area contributed by atoms with E-state index in [1.807, 2.05) is 6.92 Å². The summed E-state index contributed by atoms with van der Waals surface area (Å²) in [5, 5.41) is 8.38. The number of carbonyl (C=O) groups excluding carboxylic acids is 1. The van der Waals surface area contributed by atoms with Crippen molar-refractivity contribution < 1.29 is 24.2 Å². The van der Waals surface area contributed by atoms with Crippen LogP contribution >= 0.6 is 15.9 Å². The van der Waals surface area contributed by atoms with Gasteiger partial charge in [0.1, 0.15) is 19.0 Å². The first-order valence-electron chi connectivity index (χ1n) is 5.29. The lowest BCUT2D eigenvalue weighted by atomic mass is 10.1. The molecular weight excluding hydrogens is 304 g/mol. The van der Waals surface area contributed by atoms with Crippen LogP contribution in [0.2, 0.25) is 0 Å². The van der Waals surface area contributed by atoms with Crippen LogP contribution in [0.1, 0.15) is 17.3 Å². The van der Waals surface area contributed by atoms with Gasteiger partial charge in [0.2, 0.25) is 0 Å². The highest BCUT2D eigenvalue weighted by molar-refractivity contribution is 9.10. The predicted octanol–water partition coefficient (Wildman–Crippen LogP) is 2.13. The maximum atomic E-state index is 11.7. The first-order valence-corrected chi connectivity index (χ1v) is 6.09. The maximum absolute atomic E-state index is 11.7. The fraction of sp³-hybridized carbons (Fsp3) is 0.333. The van der Waals surface area contributed by atoms with Crippen molar-refractivity contribution in [2.45, 2.75) is 6.92 Å². The third-order valence-corrected chi connectivity index (χ3v) is 2.63. The number of carboxylic acids is 1. The van der Waals surface area contributed by atoms with E-state index in [0.717, 1.165) is 0 Å². The summed E-state index contributed by atoms with van der Waals surface area (Å²) in [4.78, 5) is 21.9. The molecule has 5 nitrogen and oxygen atoms in total. The van der Waals surface area contributed by atoms with E-state index in [1.165, 1.54) is 0 Å². The second kappa shape index (κ2) is 7.13. The Morgan fingerprint density at radius 2 is 2.06 bits per heavy atom. The number of ketones is 1. The average molecular weight is 317 g/mol. The number of ether oxygens (including phenoxy) is 2. The third kappa shape index (κ3) is 4.46. The molecule has 1 aromatic carbocycles. The van der Waals surface area contributed by atoms with E-state index in [0.29, 0.717) is 22.4 Å². The minimum absolute atomic E-state index is 0.257. The van der Waals surface area contributed by atoms with Crippen molar-refractivity contribution in [2.75, 3.05) is 19.8 Å². The standard InChI is InChI=1S/C12H13BrO5/c1-2-18-11-4-3-8(5-9(11)13)10(14)6-17-7-12(15)16/h3-5H,2,6-7H2,1H3,(H,15,16). The molecule has 0 fully saturated rings. The van der Waals surface area contributed by atoms with E-state index in [4.69, 9.17) is 14.6 Å². The fourth-order valence-electron chi connectivity index (χ4n) is 1.26. The first-order chi connectivity index (χ1) is 8.54. The van der Waals surface area contributed by atoms with E-state index in [9.17, 15) is 9.59 Å². The molecule has 18 heavy (non-hydrogen) atoms. The van der Waals surface area contributed by atoms with Gasteiger partial charge in [0.25, 0.3) is 0 Å². The molecule has 0 radical (unpaired) electrons. The smallest absolute Gasteiger partial charge is 0.329 e. The van der Waals surface area contributed by atoms with E-state index in [1.54, 1.807) is 18.2 Å². The number of benzene rings is 1. The molecule has 0 aliphatic heterocycles. The van der Waals surface area contributed by atoms with Crippen LogP contribution in [0.3, 0.4) is 0 Å². The molecule has 0 bridgehead atoms. The van der Waals surface area contributed by atoms with Crippen LogP contribution in [0.15, 0.2) is 22.7 Å². The molecule has 1 aromatic rings. The monoisotopic (exact) mass is 316 g/mol. The molecule has 0 aromatic heterocycles. The highest BCUT2D eigenvalue weighted by Gasteiger charge is 2.10. The Labute approximate surface area is 113 Å². The molecule has 0 saturated heterocycles. The minimum atomic E-state index is -1.10. The number of aliphatic carboxylic acids is 1. The Morgan fingerprint density at radius 1 is 1.33 bits per heavy atom. The number of Topliss-reactive ketones (excluding diaryl/α,β-unsaturated/α-hetero) is 1. The Bertz CT molecular complexity index is 444. The summed E-state index contributed by atoms with van der Waals surface area (Å²) >= 11 is 3.30. The number of halogens is 1. The van der Waals surface area contributed by atoms with Crippen molar-refractivity contribution in [3.63, 3.8) is 0 Å². The fourth-order valence-corrected chi connectivity index (χ4v) is 1.75. The van der Waals surface area contributed by atoms with Gasteiger partial charge < -0.3 is 14.6 Å². The van der Waals surface area contributed by atoms with Crippen molar-refractivity contribution in [2.24, 2.45) is 0 Å². The molecule has 6 heteroatoms. The SMILES string of the molecule is CCOc1ccc(C(=O)COCC(=O)O)cc1Br. The lowest BCUT2D eigenvalue weighted by Gasteiger charge is -2.07. The number of carboxylic acid groups (broad SMARTS) is 1. The summed E-state index contributed by atoms with van der Waals surface area (Å²) in [7, 11) is 0. The second-order valence-corrected chi connectivity index (χ2v) is 4.24. The Kier molecular flexibility index (Phi) is 5.80. The van der Waals surface area contributed by atoms with E-state index < -0.39 is 12.6 Å². The van der Waals surface area contributed by atoms with Gasteiger partial charge in [-0.3, -0.25) is 4.79 Å². The van der Waals surface area contributed by atoms with Gasteiger partial charge in [-0.15, -0.1) is 0 Å². The zero-order chi connectivity index (χ0) is 13.5. The molecular formula is C12H13BrO5. The molecule has 0 saturated carbocycles. The first kappa shape index (κ1) is 14.7. The van der Waals surface area contributed by atoms with E-state index in [2.05, 4.69) is 15.9 Å². The Balaban J connectivity index is 2.63. The van der Waals surface area contributed by atoms with Gasteiger partial charge in [-0.1, -0.05) is 0 Å². The van der Waals surface area contributed by atoms with Gasteiger partial charge in [-0.2, -0.15) is 0 Å². The molecule has 1 rings (SSSR count). The van der Waals surface area contributed by atoms with E-state index in [-0.39, 0.29) is 12.4 Å². The summed E-state index contributed by atoms with van der Waals surface area (Å²) in [6.07, 6.45) is 0. The van der Waals surface area contributed by atoms with Crippen LogP contribution in [-0.4, -0.2) is 36.7 Å². The van der Waals surface area contributed by atoms with Crippen LogP contribution in [-0.2, 0) is 9.53 Å². The summed E-state index contributed by atoms with van der Waals surface area (Å²) in [5.74, 6) is -0.726. The summed E-state index contributed by atoms with van der Waals surface area (Å²) < 4.78 is 10.7. The normalized spacial score (nSPS) is 10.1. The van der Waals surface area contributed by atoms with Gasteiger partial charge in [0.15, 0.2) is 5.78 Å². The van der Waals surface area contributed by atoms with Crippen molar-refractivity contribution >= 4 is 27.7 Å². The van der Waals surface area contributed by atoms with Crippen molar-refractivity contribution in [1.29, 1.82) is 0 Å². The molecule has 1 N–H and O–H groups in total. The number of carbonyl (C=O) groups is 2. The number of rotatable bonds is 7. The van der Waals surface area contributed by atoms with Gasteiger partial charge in [0, 0.05) is 5.56 Å². The summed E-state index contributed by atoms with van der Waals surface area (Å²) in [5.41, 5.74) is 0.440. The molecule has 98 valence electrons. The quantitative estimate of drug-likeness (QED) is 0.780. The highest BCUT2D eigenvalue weighted by Crippen LogP contribution is 2.26. The number of hydrogen-bond donors (Lipinski definition) is 1. The maximum Gasteiger partial charge on any atom is 0.329 e. The average Bonchev–Trinajstić information content (AvgIpc) is 2.31.